The fraction of sp³-hybridized carbons (Fsp3) is 0.857. The van der Waals surface area contributed by atoms with Crippen molar-refractivity contribution in [3.63, 3.8) is 0 Å². The van der Waals surface area contributed by atoms with Crippen LogP contribution in [0.3, 0.4) is 0 Å². The molecule has 1 fully saturated rings. The Kier molecular flexibility index (Phi) is 8.07. The molecule has 21 heavy (non-hydrogen) atoms. The summed E-state index contributed by atoms with van der Waals surface area (Å²) in [6, 6.07) is -1.27. The Hall–Kier alpha value is -1.34. The molecule has 1 saturated heterocycles. The molecule has 0 bridgehead atoms. The predicted octanol–water partition coefficient (Wildman–Crippen LogP) is 0.507. The molecule has 2 atom stereocenters. The van der Waals surface area contributed by atoms with Gasteiger partial charge in [-0.2, -0.15) is 0 Å². The SMILES string of the molecule is CCN1CCC(CNC(=O)NC(CCCOC)C(=O)O)C1. The number of hydrogen-bond donors (Lipinski definition) is 3. The Balaban J connectivity index is 2.25. The molecule has 1 heterocycles. The highest BCUT2D eigenvalue weighted by atomic mass is 16.5. The maximum atomic E-state index is 11.8. The molecule has 0 radical (unpaired) electrons. The third kappa shape index (κ3) is 6.77. The highest BCUT2D eigenvalue weighted by Gasteiger charge is 2.23. The molecule has 0 saturated carbocycles. The van der Waals surface area contributed by atoms with E-state index in [1.165, 1.54) is 0 Å². The standard InChI is InChI=1S/C14H27N3O4/c1-3-17-7-6-11(10-17)9-15-14(20)16-12(13(18)19)5-4-8-21-2/h11-12H,3-10H2,1-2H3,(H,18,19)(H2,15,16,20). The van der Waals surface area contributed by atoms with Crippen LogP contribution in [0.5, 0.6) is 0 Å². The largest absolute Gasteiger partial charge is 0.480 e. The van der Waals surface area contributed by atoms with E-state index in [2.05, 4.69) is 22.5 Å². The van der Waals surface area contributed by atoms with Gasteiger partial charge in [0.15, 0.2) is 0 Å². The second-order valence-corrected chi connectivity index (χ2v) is 5.43. The third-order valence-electron chi connectivity index (χ3n) is 3.81. The zero-order valence-corrected chi connectivity index (χ0v) is 12.9. The lowest BCUT2D eigenvalue weighted by Crippen LogP contribution is -2.47. The normalized spacial score (nSPS) is 20.2. The number of likely N-dealkylation sites (tertiary alicyclic amines) is 1. The highest BCUT2D eigenvalue weighted by Crippen LogP contribution is 2.14. The molecule has 0 aromatic carbocycles. The van der Waals surface area contributed by atoms with Gasteiger partial charge in [-0.1, -0.05) is 6.92 Å². The molecule has 3 N–H and O–H groups in total. The molecule has 2 unspecified atom stereocenters. The lowest BCUT2D eigenvalue weighted by atomic mass is 10.1. The minimum absolute atomic E-state index is 0.365. The first-order valence-electron chi connectivity index (χ1n) is 7.55. The van der Waals surface area contributed by atoms with Crippen molar-refractivity contribution >= 4 is 12.0 Å². The summed E-state index contributed by atoms with van der Waals surface area (Å²) in [6.45, 7) is 6.30. The zero-order valence-electron chi connectivity index (χ0n) is 12.9. The van der Waals surface area contributed by atoms with Crippen LogP contribution >= 0.6 is 0 Å². The molecule has 0 aromatic heterocycles. The van der Waals surface area contributed by atoms with E-state index >= 15 is 0 Å². The quantitative estimate of drug-likeness (QED) is 0.540. The molecule has 7 heteroatoms. The van der Waals surface area contributed by atoms with Gasteiger partial charge in [0.2, 0.25) is 0 Å². The number of methoxy groups -OCH3 is 1. The van der Waals surface area contributed by atoms with Gasteiger partial charge in [0.05, 0.1) is 0 Å². The molecule has 0 aromatic rings. The van der Waals surface area contributed by atoms with Gasteiger partial charge in [-0.25, -0.2) is 9.59 Å². The summed E-state index contributed by atoms with van der Waals surface area (Å²) in [5, 5.41) is 14.4. The predicted molar refractivity (Wildman–Crippen MR) is 79.3 cm³/mol. The van der Waals surface area contributed by atoms with Crippen LogP contribution in [-0.4, -0.2) is 67.9 Å². The molecule has 0 spiro atoms. The van der Waals surface area contributed by atoms with Crippen molar-refractivity contribution in [3.8, 4) is 0 Å². The van der Waals surface area contributed by atoms with Gasteiger partial charge < -0.3 is 25.4 Å². The topological polar surface area (TPSA) is 90.9 Å². The number of ether oxygens (including phenoxy) is 1. The monoisotopic (exact) mass is 301 g/mol. The van der Waals surface area contributed by atoms with Gasteiger partial charge in [-0.05, 0) is 38.3 Å². The fourth-order valence-electron chi connectivity index (χ4n) is 2.50. The number of amides is 2. The van der Waals surface area contributed by atoms with Crippen LogP contribution in [-0.2, 0) is 9.53 Å². The second kappa shape index (κ2) is 9.57. The summed E-state index contributed by atoms with van der Waals surface area (Å²) in [4.78, 5) is 25.2. The average Bonchev–Trinajstić information content (AvgIpc) is 2.92. The minimum atomic E-state index is -1.01. The molecule has 7 nitrogen and oxygen atoms in total. The highest BCUT2D eigenvalue weighted by molar-refractivity contribution is 5.82. The van der Waals surface area contributed by atoms with Crippen molar-refractivity contribution in [2.45, 2.75) is 32.2 Å². The van der Waals surface area contributed by atoms with Gasteiger partial charge in [0.1, 0.15) is 6.04 Å². The summed E-state index contributed by atoms with van der Waals surface area (Å²) in [6.07, 6.45) is 2.04. The number of carboxylic acids is 1. The molecule has 1 rings (SSSR count). The van der Waals surface area contributed by atoms with E-state index in [-0.39, 0.29) is 0 Å². The number of rotatable bonds is 9. The van der Waals surface area contributed by atoms with E-state index in [1.54, 1.807) is 7.11 Å². The van der Waals surface area contributed by atoms with Gasteiger partial charge in [-0.15, -0.1) is 0 Å². The first kappa shape index (κ1) is 17.7. The third-order valence-corrected chi connectivity index (χ3v) is 3.81. The van der Waals surface area contributed by atoms with Crippen molar-refractivity contribution < 1.29 is 19.4 Å². The van der Waals surface area contributed by atoms with Crippen molar-refractivity contribution in [2.75, 3.05) is 39.9 Å². The van der Waals surface area contributed by atoms with Crippen molar-refractivity contribution in [1.82, 2.24) is 15.5 Å². The number of urea groups is 1. The maximum Gasteiger partial charge on any atom is 0.326 e. The molecule has 122 valence electrons. The first-order valence-corrected chi connectivity index (χ1v) is 7.55. The number of aliphatic carboxylic acids is 1. The van der Waals surface area contributed by atoms with Crippen LogP contribution in [0.2, 0.25) is 0 Å². The molecule has 1 aliphatic rings. The van der Waals surface area contributed by atoms with Gasteiger partial charge in [-0.3, -0.25) is 0 Å². The first-order chi connectivity index (χ1) is 10.1. The average molecular weight is 301 g/mol. The summed E-state index contributed by atoms with van der Waals surface area (Å²) in [5.74, 6) is -0.563. The Morgan fingerprint density at radius 2 is 2.24 bits per heavy atom. The second-order valence-electron chi connectivity index (χ2n) is 5.43. The maximum absolute atomic E-state index is 11.8. The zero-order chi connectivity index (χ0) is 15.7. The lowest BCUT2D eigenvalue weighted by Gasteiger charge is -2.17. The van der Waals surface area contributed by atoms with Crippen LogP contribution in [0.25, 0.3) is 0 Å². The van der Waals surface area contributed by atoms with E-state index in [1.807, 2.05) is 0 Å². The number of carboxylic acid groups (broad SMARTS) is 1. The van der Waals surface area contributed by atoms with Crippen molar-refractivity contribution in [3.05, 3.63) is 0 Å². The van der Waals surface area contributed by atoms with Crippen LogP contribution in [0.4, 0.5) is 4.79 Å². The smallest absolute Gasteiger partial charge is 0.326 e. The number of nitrogens with one attached hydrogen (secondary N) is 2. The molecule has 0 aliphatic carbocycles. The lowest BCUT2D eigenvalue weighted by molar-refractivity contribution is -0.139. The van der Waals surface area contributed by atoms with Crippen LogP contribution < -0.4 is 10.6 Å². The Morgan fingerprint density at radius 1 is 1.48 bits per heavy atom. The van der Waals surface area contributed by atoms with E-state index in [0.29, 0.717) is 31.9 Å². The van der Waals surface area contributed by atoms with Crippen LogP contribution in [0.15, 0.2) is 0 Å². The van der Waals surface area contributed by atoms with Crippen molar-refractivity contribution in [1.29, 1.82) is 0 Å². The summed E-state index contributed by atoms with van der Waals surface area (Å²) < 4.78 is 4.89. The van der Waals surface area contributed by atoms with Gasteiger partial charge >= 0.3 is 12.0 Å². The number of carbonyl (C=O) groups is 2. The number of nitrogens with zero attached hydrogens (tertiary/aromatic N) is 1. The summed E-state index contributed by atoms with van der Waals surface area (Å²) >= 11 is 0. The minimum Gasteiger partial charge on any atom is -0.480 e. The Bertz CT molecular complexity index is 338. The van der Waals surface area contributed by atoms with Crippen molar-refractivity contribution in [2.24, 2.45) is 5.92 Å². The van der Waals surface area contributed by atoms with E-state index in [4.69, 9.17) is 9.84 Å². The number of carbonyl (C=O) groups excluding carboxylic acids is 1. The van der Waals surface area contributed by atoms with E-state index in [0.717, 1.165) is 26.1 Å². The van der Waals surface area contributed by atoms with Gasteiger partial charge in [0, 0.05) is 26.8 Å². The molecule has 2 amide bonds. The molecular weight excluding hydrogens is 274 g/mol. The number of hydrogen-bond acceptors (Lipinski definition) is 4. The van der Waals surface area contributed by atoms with E-state index in [9.17, 15) is 9.59 Å². The Morgan fingerprint density at radius 3 is 2.81 bits per heavy atom. The van der Waals surface area contributed by atoms with Crippen LogP contribution in [0, 0.1) is 5.92 Å². The summed E-state index contributed by atoms with van der Waals surface area (Å²) in [5.41, 5.74) is 0. The molecular formula is C14H27N3O4. The van der Waals surface area contributed by atoms with Crippen LogP contribution in [0.1, 0.15) is 26.2 Å². The summed E-state index contributed by atoms with van der Waals surface area (Å²) in [7, 11) is 1.57. The van der Waals surface area contributed by atoms with Gasteiger partial charge in [0.25, 0.3) is 0 Å². The molecule has 1 aliphatic heterocycles. The van der Waals surface area contributed by atoms with E-state index < -0.39 is 18.0 Å². The fourth-order valence-corrected chi connectivity index (χ4v) is 2.50. The Labute approximate surface area is 126 Å².